The largest absolute Gasteiger partial charge is 0.383 e. The first kappa shape index (κ1) is 19.0. The van der Waals surface area contributed by atoms with Gasteiger partial charge in [-0.05, 0) is 38.8 Å². The van der Waals surface area contributed by atoms with Crippen molar-refractivity contribution >= 4 is 5.96 Å². The maximum atomic E-state index is 10.7. The van der Waals surface area contributed by atoms with E-state index in [-0.39, 0.29) is 0 Å². The fourth-order valence-electron chi connectivity index (χ4n) is 2.59. The number of nitrogens with zero attached hydrogens (tertiary/aromatic N) is 3. The summed E-state index contributed by atoms with van der Waals surface area (Å²) < 4.78 is 1.68. The highest BCUT2D eigenvalue weighted by molar-refractivity contribution is 5.79. The van der Waals surface area contributed by atoms with E-state index in [2.05, 4.69) is 52.8 Å². The number of benzene rings is 1. The Kier molecular flexibility index (Phi) is 6.20. The number of nitrogens with one attached hydrogen (secondary N) is 2. The van der Waals surface area contributed by atoms with Gasteiger partial charge in [0.25, 0.3) is 0 Å². The first-order valence-corrected chi connectivity index (χ1v) is 8.61. The zero-order valence-corrected chi connectivity index (χ0v) is 15.8. The standard InChI is InChI=1S/C19H29N5O/c1-6-20-18(21-10-16-8-7-14(2)9-15(16)3)22-13-19(4,25)17-11-23-24(5)12-17/h7-9,11-12,25H,6,10,13H2,1-5H3,(H2,20,21,22). The van der Waals surface area contributed by atoms with Crippen molar-refractivity contribution in [2.45, 2.75) is 39.8 Å². The van der Waals surface area contributed by atoms with Crippen LogP contribution in [0.3, 0.4) is 0 Å². The molecule has 0 spiro atoms. The summed E-state index contributed by atoms with van der Waals surface area (Å²) in [5, 5.41) is 21.2. The molecule has 1 aromatic carbocycles. The molecule has 0 aliphatic heterocycles. The summed E-state index contributed by atoms with van der Waals surface area (Å²) in [5.41, 5.74) is 3.43. The van der Waals surface area contributed by atoms with E-state index in [1.807, 2.05) is 20.2 Å². The second kappa shape index (κ2) is 8.16. The van der Waals surface area contributed by atoms with Crippen molar-refractivity contribution in [2.75, 3.05) is 13.1 Å². The predicted octanol–water partition coefficient (Wildman–Crippen LogP) is 2.00. The zero-order chi connectivity index (χ0) is 18.4. The number of hydrogen-bond donors (Lipinski definition) is 3. The summed E-state index contributed by atoms with van der Waals surface area (Å²) in [7, 11) is 1.84. The Balaban J connectivity index is 2.04. The first-order valence-electron chi connectivity index (χ1n) is 8.61. The molecule has 0 bridgehead atoms. The molecule has 1 unspecified atom stereocenters. The van der Waals surface area contributed by atoms with Crippen molar-refractivity contribution in [3.8, 4) is 0 Å². The van der Waals surface area contributed by atoms with Crippen LogP contribution < -0.4 is 10.6 Å². The van der Waals surface area contributed by atoms with E-state index in [1.165, 1.54) is 16.7 Å². The van der Waals surface area contributed by atoms with Crippen LogP contribution in [0.2, 0.25) is 0 Å². The number of aliphatic hydroxyl groups is 1. The molecule has 0 aliphatic rings. The van der Waals surface area contributed by atoms with Crippen LogP contribution in [0.25, 0.3) is 0 Å². The van der Waals surface area contributed by atoms with E-state index in [9.17, 15) is 5.11 Å². The molecule has 0 radical (unpaired) electrons. The summed E-state index contributed by atoms with van der Waals surface area (Å²) in [6, 6.07) is 6.38. The Bertz CT molecular complexity index is 733. The van der Waals surface area contributed by atoms with E-state index in [1.54, 1.807) is 17.8 Å². The Morgan fingerprint density at radius 1 is 1.32 bits per heavy atom. The molecule has 1 aromatic heterocycles. The molecule has 2 rings (SSSR count). The van der Waals surface area contributed by atoms with E-state index < -0.39 is 5.60 Å². The highest BCUT2D eigenvalue weighted by atomic mass is 16.3. The molecular weight excluding hydrogens is 314 g/mol. The molecule has 2 aromatic rings. The third kappa shape index (κ3) is 5.32. The van der Waals surface area contributed by atoms with Gasteiger partial charge in [0, 0.05) is 25.4 Å². The van der Waals surface area contributed by atoms with Gasteiger partial charge in [-0.25, -0.2) is 4.99 Å². The van der Waals surface area contributed by atoms with Crippen LogP contribution in [0.1, 0.15) is 36.1 Å². The second-order valence-electron chi connectivity index (χ2n) is 6.66. The van der Waals surface area contributed by atoms with Crippen molar-refractivity contribution in [2.24, 2.45) is 12.0 Å². The lowest BCUT2D eigenvalue weighted by Gasteiger charge is -2.23. The smallest absolute Gasteiger partial charge is 0.191 e. The van der Waals surface area contributed by atoms with Crippen LogP contribution in [0.15, 0.2) is 35.6 Å². The summed E-state index contributed by atoms with van der Waals surface area (Å²) in [6.45, 7) is 9.68. The average Bonchev–Trinajstić information content (AvgIpc) is 2.99. The molecule has 6 heteroatoms. The molecule has 0 saturated heterocycles. The molecule has 0 saturated carbocycles. The fraction of sp³-hybridized carbons (Fsp3) is 0.474. The third-order valence-corrected chi connectivity index (χ3v) is 4.18. The summed E-state index contributed by atoms with van der Waals surface area (Å²) in [5.74, 6) is 0.687. The number of aryl methyl sites for hydroxylation is 3. The van der Waals surface area contributed by atoms with Crippen molar-refractivity contribution < 1.29 is 5.11 Å². The minimum Gasteiger partial charge on any atom is -0.383 e. The van der Waals surface area contributed by atoms with Gasteiger partial charge in [-0.15, -0.1) is 0 Å². The predicted molar refractivity (Wildman–Crippen MR) is 102 cm³/mol. The summed E-state index contributed by atoms with van der Waals surface area (Å²) >= 11 is 0. The monoisotopic (exact) mass is 343 g/mol. The van der Waals surface area contributed by atoms with Crippen molar-refractivity contribution in [3.63, 3.8) is 0 Å². The molecule has 1 atom stereocenters. The van der Waals surface area contributed by atoms with Gasteiger partial charge in [-0.1, -0.05) is 23.8 Å². The number of aromatic nitrogens is 2. The maximum Gasteiger partial charge on any atom is 0.191 e. The minimum atomic E-state index is -1.02. The lowest BCUT2D eigenvalue weighted by Crippen LogP contribution is -2.44. The lowest BCUT2D eigenvalue weighted by atomic mass is 10.00. The highest BCUT2D eigenvalue weighted by Crippen LogP contribution is 2.18. The van der Waals surface area contributed by atoms with Gasteiger partial charge < -0.3 is 15.7 Å². The van der Waals surface area contributed by atoms with Crippen molar-refractivity contribution in [3.05, 3.63) is 52.8 Å². The van der Waals surface area contributed by atoms with Gasteiger partial charge in [0.05, 0.1) is 19.3 Å². The van der Waals surface area contributed by atoms with Crippen LogP contribution in [0.4, 0.5) is 0 Å². The minimum absolute atomic E-state index is 0.345. The van der Waals surface area contributed by atoms with Gasteiger partial charge in [0.2, 0.25) is 0 Å². The molecule has 1 heterocycles. The molecule has 136 valence electrons. The van der Waals surface area contributed by atoms with Gasteiger partial charge in [0.1, 0.15) is 5.60 Å². The van der Waals surface area contributed by atoms with E-state index in [0.717, 1.165) is 12.1 Å². The SMILES string of the molecule is CCNC(=NCc1ccc(C)cc1C)NCC(C)(O)c1cnn(C)c1. The van der Waals surface area contributed by atoms with Gasteiger partial charge >= 0.3 is 0 Å². The zero-order valence-electron chi connectivity index (χ0n) is 15.8. The van der Waals surface area contributed by atoms with E-state index in [4.69, 9.17) is 0 Å². The third-order valence-electron chi connectivity index (χ3n) is 4.18. The van der Waals surface area contributed by atoms with E-state index >= 15 is 0 Å². The van der Waals surface area contributed by atoms with Gasteiger partial charge in [0.15, 0.2) is 5.96 Å². The second-order valence-corrected chi connectivity index (χ2v) is 6.66. The maximum absolute atomic E-state index is 10.7. The van der Waals surface area contributed by atoms with Crippen molar-refractivity contribution in [1.82, 2.24) is 20.4 Å². The molecule has 0 fully saturated rings. The van der Waals surface area contributed by atoms with Crippen LogP contribution >= 0.6 is 0 Å². The number of aliphatic imine (C=N–C) groups is 1. The molecule has 25 heavy (non-hydrogen) atoms. The van der Waals surface area contributed by atoms with Crippen LogP contribution in [0.5, 0.6) is 0 Å². The fourth-order valence-corrected chi connectivity index (χ4v) is 2.59. The molecule has 0 aliphatic carbocycles. The first-order chi connectivity index (χ1) is 11.8. The number of rotatable bonds is 6. The molecule has 0 amide bonds. The Morgan fingerprint density at radius 3 is 2.68 bits per heavy atom. The van der Waals surface area contributed by atoms with Crippen LogP contribution in [-0.4, -0.2) is 33.9 Å². The average molecular weight is 343 g/mol. The van der Waals surface area contributed by atoms with Crippen LogP contribution in [0, 0.1) is 13.8 Å². The van der Waals surface area contributed by atoms with Gasteiger partial charge in [-0.2, -0.15) is 5.10 Å². The lowest BCUT2D eigenvalue weighted by molar-refractivity contribution is 0.0616. The Morgan fingerprint density at radius 2 is 2.08 bits per heavy atom. The summed E-state index contributed by atoms with van der Waals surface area (Å²) in [4.78, 5) is 4.64. The highest BCUT2D eigenvalue weighted by Gasteiger charge is 2.24. The Hall–Kier alpha value is -2.34. The van der Waals surface area contributed by atoms with E-state index in [0.29, 0.717) is 19.0 Å². The summed E-state index contributed by atoms with van der Waals surface area (Å²) in [6.07, 6.45) is 3.50. The molecular formula is C19H29N5O. The molecule has 6 nitrogen and oxygen atoms in total. The topological polar surface area (TPSA) is 74.5 Å². The Labute approximate surface area is 150 Å². The number of hydrogen-bond acceptors (Lipinski definition) is 3. The van der Waals surface area contributed by atoms with Crippen molar-refractivity contribution in [1.29, 1.82) is 0 Å². The van der Waals surface area contributed by atoms with Crippen LogP contribution in [-0.2, 0) is 19.2 Å². The van der Waals surface area contributed by atoms with Gasteiger partial charge in [-0.3, -0.25) is 4.68 Å². The molecule has 3 N–H and O–H groups in total. The number of guanidine groups is 1. The normalized spacial score (nSPS) is 14.2. The quantitative estimate of drug-likeness (QED) is 0.554.